The van der Waals surface area contributed by atoms with E-state index in [0.717, 1.165) is 95.9 Å². The Balaban J connectivity index is 1.79. The maximum atomic E-state index is 12.0. The molecule has 0 aliphatic heterocycles. The summed E-state index contributed by atoms with van der Waals surface area (Å²) >= 11 is 0. The lowest BCUT2D eigenvalue weighted by molar-refractivity contribution is 0.456. The Morgan fingerprint density at radius 3 is 1.08 bits per heavy atom. The minimum absolute atomic E-state index is 0.0668. The Hall–Kier alpha value is -3.92. The van der Waals surface area contributed by atoms with Gasteiger partial charge in [-0.3, -0.25) is 0 Å². The molecule has 4 aromatic carbocycles. The molecule has 0 heterocycles. The van der Waals surface area contributed by atoms with Crippen molar-refractivity contribution in [2.75, 3.05) is 0 Å². The molecule has 0 fully saturated rings. The smallest absolute Gasteiger partial charge is 0.122 e. The molecular weight excluding hydrogens is 737 g/mol. The number of hydrogen-bond acceptors (Lipinski definition) is 4. The van der Waals surface area contributed by atoms with Crippen LogP contribution in [0.1, 0.15) is 224 Å². The van der Waals surface area contributed by atoms with Gasteiger partial charge in [0.1, 0.15) is 23.0 Å². The van der Waals surface area contributed by atoms with Gasteiger partial charge in [-0.2, -0.15) is 0 Å². The Morgan fingerprint density at radius 2 is 0.700 bits per heavy atom. The summed E-state index contributed by atoms with van der Waals surface area (Å²) in [6, 6.07) is 20.5. The SMILES string of the molecule is CCCCCCCCCc1cc(C(CCCCCCCCC)c2cc(CCCCCCCCC)c(O)c(Cc3cc(C)ccc3O)c2)cc(Cc2cc(C)ccc2O)c1O. The van der Waals surface area contributed by atoms with Crippen LogP contribution in [-0.4, -0.2) is 20.4 Å². The standard InChI is InChI=1S/C56H82O4/c1-6-9-12-15-18-21-24-27-44-36-46(38-50(55(44)59)40-48-34-42(4)30-32-53(48)57)52(29-26-23-20-17-14-11-8-3)47-37-45(28-25-22-19-16-13-10-7-2)56(60)51(39-47)41-49-35-43(5)31-33-54(49)58/h30-39,52,57-60H,6-29,40-41H2,1-5H3. The summed E-state index contributed by atoms with van der Waals surface area (Å²) in [6.45, 7) is 10.9. The second kappa shape index (κ2) is 27.1. The van der Waals surface area contributed by atoms with E-state index < -0.39 is 0 Å². The highest BCUT2D eigenvalue weighted by molar-refractivity contribution is 5.54. The molecule has 4 rings (SSSR count). The molecule has 0 aromatic heterocycles. The number of phenolic OH excluding ortho intramolecular Hbond substituents is 4. The van der Waals surface area contributed by atoms with Gasteiger partial charge >= 0.3 is 0 Å². The molecule has 0 unspecified atom stereocenters. The molecule has 60 heavy (non-hydrogen) atoms. The molecule has 0 spiro atoms. The number of benzene rings is 4. The highest BCUT2D eigenvalue weighted by Crippen LogP contribution is 2.41. The predicted molar refractivity (Wildman–Crippen MR) is 255 cm³/mol. The van der Waals surface area contributed by atoms with E-state index in [4.69, 9.17) is 0 Å². The lowest BCUT2D eigenvalue weighted by atomic mass is 9.81. The van der Waals surface area contributed by atoms with Crippen LogP contribution in [0.15, 0.2) is 60.7 Å². The van der Waals surface area contributed by atoms with Gasteiger partial charge in [0.05, 0.1) is 0 Å². The maximum absolute atomic E-state index is 12.0. The molecule has 330 valence electrons. The Kier molecular flexibility index (Phi) is 22.0. The lowest BCUT2D eigenvalue weighted by Crippen LogP contribution is -2.07. The third-order valence-electron chi connectivity index (χ3n) is 12.8. The second-order valence-electron chi connectivity index (χ2n) is 18.2. The zero-order valence-corrected chi connectivity index (χ0v) is 38.5. The minimum Gasteiger partial charge on any atom is -0.508 e. The summed E-state index contributed by atoms with van der Waals surface area (Å²) < 4.78 is 0. The van der Waals surface area contributed by atoms with E-state index in [0.29, 0.717) is 24.3 Å². The summed E-state index contributed by atoms with van der Waals surface area (Å²) in [5.74, 6) is 1.31. The van der Waals surface area contributed by atoms with Crippen LogP contribution in [0.2, 0.25) is 0 Å². The van der Waals surface area contributed by atoms with Crippen molar-refractivity contribution in [2.45, 2.75) is 207 Å². The molecule has 0 bridgehead atoms. The minimum atomic E-state index is 0.0668. The van der Waals surface area contributed by atoms with Crippen LogP contribution in [0.3, 0.4) is 0 Å². The van der Waals surface area contributed by atoms with Gasteiger partial charge in [-0.15, -0.1) is 0 Å². The second-order valence-corrected chi connectivity index (χ2v) is 18.2. The zero-order valence-electron chi connectivity index (χ0n) is 38.5. The van der Waals surface area contributed by atoms with Crippen molar-refractivity contribution in [1.29, 1.82) is 0 Å². The van der Waals surface area contributed by atoms with Crippen LogP contribution >= 0.6 is 0 Å². The molecule has 0 amide bonds. The first kappa shape index (κ1) is 48.7. The van der Waals surface area contributed by atoms with E-state index in [-0.39, 0.29) is 17.4 Å². The molecule has 0 saturated heterocycles. The highest BCUT2D eigenvalue weighted by atomic mass is 16.3. The average Bonchev–Trinajstić information content (AvgIpc) is 3.23. The van der Waals surface area contributed by atoms with Crippen molar-refractivity contribution in [1.82, 2.24) is 0 Å². The summed E-state index contributed by atoms with van der Waals surface area (Å²) in [6.07, 6.45) is 29.2. The number of hydrogen-bond donors (Lipinski definition) is 4. The number of aryl methyl sites for hydroxylation is 4. The summed E-state index contributed by atoms with van der Waals surface area (Å²) in [5.41, 5.74) is 9.97. The molecule has 0 saturated carbocycles. The quantitative estimate of drug-likeness (QED) is 0.0395. The van der Waals surface area contributed by atoms with Crippen molar-refractivity contribution in [3.05, 3.63) is 116 Å². The van der Waals surface area contributed by atoms with Gasteiger partial charge in [0, 0.05) is 18.8 Å². The first-order valence-corrected chi connectivity index (χ1v) is 24.4. The Labute approximate surface area is 365 Å². The van der Waals surface area contributed by atoms with E-state index in [1.165, 1.54) is 114 Å². The van der Waals surface area contributed by atoms with Crippen LogP contribution < -0.4 is 0 Å². The fourth-order valence-corrected chi connectivity index (χ4v) is 9.13. The van der Waals surface area contributed by atoms with Crippen molar-refractivity contribution in [2.24, 2.45) is 0 Å². The van der Waals surface area contributed by atoms with E-state index in [9.17, 15) is 20.4 Å². The first-order chi connectivity index (χ1) is 29.1. The predicted octanol–water partition coefficient (Wildman–Crippen LogP) is 16.2. The summed E-state index contributed by atoms with van der Waals surface area (Å²) in [5, 5.41) is 45.8. The topological polar surface area (TPSA) is 80.9 Å². The molecule has 4 nitrogen and oxygen atoms in total. The van der Waals surface area contributed by atoms with E-state index in [1.807, 2.05) is 38.1 Å². The molecule has 4 heteroatoms. The molecule has 0 aliphatic carbocycles. The number of rotatable bonds is 30. The van der Waals surface area contributed by atoms with Gasteiger partial charge in [0.2, 0.25) is 0 Å². The van der Waals surface area contributed by atoms with Crippen LogP contribution in [0.4, 0.5) is 0 Å². The highest BCUT2D eigenvalue weighted by Gasteiger charge is 2.23. The first-order valence-electron chi connectivity index (χ1n) is 24.4. The van der Waals surface area contributed by atoms with Crippen molar-refractivity contribution >= 4 is 0 Å². The molecular formula is C56H82O4. The summed E-state index contributed by atoms with van der Waals surface area (Å²) in [4.78, 5) is 0. The third kappa shape index (κ3) is 16.2. The van der Waals surface area contributed by atoms with Gasteiger partial charge in [-0.05, 0) is 103 Å². The van der Waals surface area contributed by atoms with Crippen molar-refractivity contribution in [3.8, 4) is 23.0 Å². The van der Waals surface area contributed by atoms with Gasteiger partial charge in [-0.1, -0.05) is 202 Å². The number of phenols is 4. The number of unbranched alkanes of at least 4 members (excludes halogenated alkanes) is 18. The summed E-state index contributed by atoms with van der Waals surface area (Å²) in [7, 11) is 0. The Morgan fingerprint density at radius 1 is 0.367 bits per heavy atom. The van der Waals surface area contributed by atoms with Crippen molar-refractivity contribution < 1.29 is 20.4 Å². The number of aromatic hydroxyl groups is 4. The fraction of sp³-hybridized carbons (Fsp3) is 0.571. The average molecular weight is 819 g/mol. The lowest BCUT2D eigenvalue weighted by Gasteiger charge is -2.24. The Bertz CT molecular complexity index is 1710. The van der Waals surface area contributed by atoms with E-state index in [2.05, 4.69) is 45.0 Å². The third-order valence-corrected chi connectivity index (χ3v) is 12.8. The normalized spacial score (nSPS) is 11.6. The van der Waals surface area contributed by atoms with E-state index >= 15 is 0 Å². The van der Waals surface area contributed by atoms with Gasteiger partial charge < -0.3 is 20.4 Å². The molecule has 4 aromatic rings. The zero-order chi connectivity index (χ0) is 43.1. The largest absolute Gasteiger partial charge is 0.508 e. The van der Waals surface area contributed by atoms with Gasteiger partial charge in [0.25, 0.3) is 0 Å². The monoisotopic (exact) mass is 819 g/mol. The van der Waals surface area contributed by atoms with Gasteiger partial charge in [-0.25, -0.2) is 0 Å². The van der Waals surface area contributed by atoms with Gasteiger partial charge in [0.15, 0.2) is 0 Å². The fourth-order valence-electron chi connectivity index (χ4n) is 9.13. The molecule has 0 aliphatic rings. The van der Waals surface area contributed by atoms with Crippen molar-refractivity contribution in [3.63, 3.8) is 0 Å². The van der Waals surface area contributed by atoms with Crippen LogP contribution in [0.25, 0.3) is 0 Å². The molecule has 0 radical (unpaired) electrons. The maximum Gasteiger partial charge on any atom is 0.122 e. The molecule has 0 atom stereocenters. The van der Waals surface area contributed by atoms with E-state index in [1.54, 1.807) is 12.1 Å². The molecule has 4 N–H and O–H groups in total. The van der Waals surface area contributed by atoms with Crippen LogP contribution in [0, 0.1) is 13.8 Å². The van der Waals surface area contributed by atoms with Crippen LogP contribution in [0.5, 0.6) is 23.0 Å². The van der Waals surface area contributed by atoms with Crippen LogP contribution in [-0.2, 0) is 25.7 Å².